The Hall–Kier alpha value is -1.86. The maximum Gasteiger partial charge on any atom is 0.239 e. The van der Waals surface area contributed by atoms with E-state index in [-0.39, 0.29) is 17.9 Å². The third-order valence-corrected chi connectivity index (χ3v) is 3.01. The average Bonchev–Trinajstić information content (AvgIpc) is 2.46. The van der Waals surface area contributed by atoms with E-state index in [4.69, 9.17) is 19.9 Å². The van der Waals surface area contributed by atoms with E-state index in [2.05, 4.69) is 5.32 Å². The zero-order valence-corrected chi connectivity index (χ0v) is 12.6. The Balaban J connectivity index is 2.92. The SMILES string of the molecule is COCC(N)C(=O)NC(C)c1cc(OC)c(OC)cc1F. The van der Waals surface area contributed by atoms with Crippen molar-refractivity contribution in [1.82, 2.24) is 5.32 Å². The summed E-state index contributed by atoms with van der Waals surface area (Å²) >= 11 is 0. The molecular formula is C14H21FN2O4. The van der Waals surface area contributed by atoms with Crippen molar-refractivity contribution >= 4 is 5.91 Å². The summed E-state index contributed by atoms with van der Waals surface area (Å²) in [6, 6.07) is 1.33. The van der Waals surface area contributed by atoms with Crippen molar-refractivity contribution in [2.75, 3.05) is 27.9 Å². The molecule has 1 rings (SSSR count). The van der Waals surface area contributed by atoms with Crippen LogP contribution in [-0.4, -0.2) is 39.9 Å². The van der Waals surface area contributed by atoms with Crippen LogP contribution in [0, 0.1) is 5.82 Å². The van der Waals surface area contributed by atoms with Gasteiger partial charge in [0, 0.05) is 18.7 Å². The van der Waals surface area contributed by atoms with Crippen molar-refractivity contribution in [3.63, 3.8) is 0 Å². The zero-order chi connectivity index (χ0) is 16.0. The van der Waals surface area contributed by atoms with Gasteiger partial charge in [-0.3, -0.25) is 4.79 Å². The molecule has 0 aliphatic carbocycles. The summed E-state index contributed by atoms with van der Waals surface area (Å²) in [5, 5.41) is 2.63. The van der Waals surface area contributed by atoms with Gasteiger partial charge in [-0.05, 0) is 13.0 Å². The first-order valence-electron chi connectivity index (χ1n) is 6.40. The normalized spacial score (nSPS) is 13.4. The van der Waals surface area contributed by atoms with E-state index in [1.807, 2.05) is 0 Å². The quantitative estimate of drug-likeness (QED) is 0.785. The lowest BCUT2D eigenvalue weighted by atomic mass is 10.1. The topological polar surface area (TPSA) is 82.8 Å². The number of rotatable bonds is 7. The largest absolute Gasteiger partial charge is 0.493 e. The van der Waals surface area contributed by atoms with Crippen LogP contribution in [-0.2, 0) is 9.53 Å². The number of nitrogens with two attached hydrogens (primary N) is 1. The molecule has 0 radical (unpaired) electrons. The third kappa shape index (κ3) is 4.30. The summed E-state index contributed by atoms with van der Waals surface area (Å²) in [5.74, 6) is -0.246. The van der Waals surface area contributed by atoms with Gasteiger partial charge in [-0.2, -0.15) is 0 Å². The van der Waals surface area contributed by atoms with Gasteiger partial charge < -0.3 is 25.3 Å². The maximum absolute atomic E-state index is 14.1. The van der Waals surface area contributed by atoms with E-state index in [1.165, 1.54) is 33.5 Å². The van der Waals surface area contributed by atoms with Crippen molar-refractivity contribution < 1.29 is 23.4 Å². The molecule has 0 heterocycles. The number of hydrogen-bond donors (Lipinski definition) is 2. The van der Waals surface area contributed by atoms with Crippen molar-refractivity contribution in [2.45, 2.75) is 19.0 Å². The smallest absolute Gasteiger partial charge is 0.239 e. The number of benzene rings is 1. The molecule has 0 saturated heterocycles. The highest BCUT2D eigenvalue weighted by molar-refractivity contribution is 5.82. The van der Waals surface area contributed by atoms with E-state index in [1.54, 1.807) is 6.92 Å². The molecular weight excluding hydrogens is 279 g/mol. The second-order valence-corrected chi connectivity index (χ2v) is 4.52. The molecule has 0 aliphatic rings. The fraction of sp³-hybridized carbons (Fsp3) is 0.500. The highest BCUT2D eigenvalue weighted by Gasteiger charge is 2.20. The monoisotopic (exact) mass is 300 g/mol. The summed E-state index contributed by atoms with van der Waals surface area (Å²) in [4.78, 5) is 11.8. The van der Waals surface area contributed by atoms with E-state index < -0.39 is 23.8 Å². The molecule has 7 heteroatoms. The number of methoxy groups -OCH3 is 3. The lowest BCUT2D eigenvalue weighted by Gasteiger charge is -2.19. The Morgan fingerprint density at radius 1 is 1.29 bits per heavy atom. The van der Waals surface area contributed by atoms with Crippen molar-refractivity contribution in [3.8, 4) is 11.5 Å². The zero-order valence-electron chi connectivity index (χ0n) is 12.6. The lowest BCUT2D eigenvalue weighted by Crippen LogP contribution is -2.44. The fourth-order valence-corrected chi connectivity index (χ4v) is 1.86. The number of nitrogens with one attached hydrogen (secondary N) is 1. The first-order chi connectivity index (χ1) is 9.94. The van der Waals surface area contributed by atoms with E-state index in [0.717, 1.165) is 0 Å². The molecule has 2 unspecified atom stereocenters. The highest BCUT2D eigenvalue weighted by atomic mass is 19.1. The van der Waals surface area contributed by atoms with Gasteiger partial charge in [0.15, 0.2) is 11.5 Å². The first kappa shape index (κ1) is 17.2. The number of carbonyl (C=O) groups is 1. The van der Waals surface area contributed by atoms with Crippen LogP contribution in [0.15, 0.2) is 12.1 Å². The molecule has 0 aromatic heterocycles. The Labute approximate surface area is 123 Å². The third-order valence-electron chi connectivity index (χ3n) is 3.01. The number of amides is 1. The van der Waals surface area contributed by atoms with Gasteiger partial charge in [-0.15, -0.1) is 0 Å². The van der Waals surface area contributed by atoms with Gasteiger partial charge in [-0.1, -0.05) is 0 Å². The Bertz CT molecular complexity index is 496. The second-order valence-electron chi connectivity index (χ2n) is 4.52. The molecule has 1 amide bonds. The van der Waals surface area contributed by atoms with Gasteiger partial charge in [0.25, 0.3) is 0 Å². The first-order valence-corrected chi connectivity index (χ1v) is 6.40. The molecule has 0 spiro atoms. The van der Waals surface area contributed by atoms with E-state index in [0.29, 0.717) is 5.75 Å². The van der Waals surface area contributed by atoms with Crippen molar-refractivity contribution in [1.29, 1.82) is 0 Å². The predicted octanol–water partition coefficient (Wildman–Crippen LogP) is 0.994. The molecule has 0 saturated carbocycles. The second kappa shape index (κ2) is 7.80. The van der Waals surface area contributed by atoms with Crippen LogP contribution < -0.4 is 20.5 Å². The minimum Gasteiger partial charge on any atom is -0.493 e. The van der Waals surface area contributed by atoms with E-state index in [9.17, 15) is 9.18 Å². The lowest BCUT2D eigenvalue weighted by molar-refractivity contribution is -0.124. The van der Waals surface area contributed by atoms with Crippen LogP contribution in [0.2, 0.25) is 0 Å². The van der Waals surface area contributed by atoms with Gasteiger partial charge in [0.1, 0.15) is 11.9 Å². The number of carbonyl (C=O) groups excluding carboxylic acids is 1. The minimum atomic E-state index is -0.805. The fourth-order valence-electron chi connectivity index (χ4n) is 1.86. The Morgan fingerprint density at radius 3 is 2.38 bits per heavy atom. The summed E-state index contributed by atoms with van der Waals surface area (Å²) in [6.45, 7) is 1.74. The summed E-state index contributed by atoms with van der Waals surface area (Å²) in [6.07, 6.45) is 0. The molecule has 6 nitrogen and oxygen atoms in total. The van der Waals surface area contributed by atoms with Gasteiger partial charge in [-0.25, -0.2) is 4.39 Å². The van der Waals surface area contributed by atoms with Crippen molar-refractivity contribution in [2.24, 2.45) is 5.73 Å². The summed E-state index contributed by atoms with van der Waals surface area (Å²) < 4.78 is 29.0. The van der Waals surface area contributed by atoms with Gasteiger partial charge >= 0.3 is 0 Å². The van der Waals surface area contributed by atoms with Crippen LogP contribution in [0.4, 0.5) is 4.39 Å². The molecule has 1 aromatic rings. The number of ether oxygens (including phenoxy) is 3. The van der Waals surface area contributed by atoms with Crippen LogP contribution >= 0.6 is 0 Å². The number of halogens is 1. The van der Waals surface area contributed by atoms with Crippen LogP contribution in [0.1, 0.15) is 18.5 Å². The van der Waals surface area contributed by atoms with Gasteiger partial charge in [0.2, 0.25) is 5.91 Å². The molecule has 3 N–H and O–H groups in total. The van der Waals surface area contributed by atoms with Crippen molar-refractivity contribution in [3.05, 3.63) is 23.5 Å². The maximum atomic E-state index is 14.1. The molecule has 0 aliphatic heterocycles. The molecule has 118 valence electrons. The van der Waals surface area contributed by atoms with Gasteiger partial charge in [0.05, 0.1) is 26.9 Å². The standard InChI is InChI=1S/C14H21FN2O4/c1-8(17-14(18)11(16)7-19-2)9-5-12(20-3)13(21-4)6-10(9)15/h5-6,8,11H,7,16H2,1-4H3,(H,17,18). The Kier molecular flexibility index (Phi) is 6.39. The van der Waals surface area contributed by atoms with Crippen LogP contribution in [0.25, 0.3) is 0 Å². The molecule has 0 fully saturated rings. The molecule has 21 heavy (non-hydrogen) atoms. The van der Waals surface area contributed by atoms with Crippen LogP contribution in [0.5, 0.6) is 11.5 Å². The molecule has 0 bridgehead atoms. The average molecular weight is 300 g/mol. The number of hydrogen-bond acceptors (Lipinski definition) is 5. The minimum absolute atomic E-state index is 0.0902. The molecule has 2 atom stereocenters. The Morgan fingerprint density at radius 2 is 1.86 bits per heavy atom. The predicted molar refractivity (Wildman–Crippen MR) is 75.9 cm³/mol. The van der Waals surface area contributed by atoms with E-state index >= 15 is 0 Å². The summed E-state index contributed by atoms with van der Waals surface area (Å²) in [7, 11) is 4.33. The van der Waals surface area contributed by atoms with Crippen LogP contribution in [0.3, 0.4) is 0 Å². The molecule has 1 aromatic carbocycles. The highest BCUT2D eigenvalue weighted by Crippen LogP contribution is 2.32. The summed E-state index contributed by atoms with van der Waals surface area (Å²) in [5.41, 5.74) is 5.90.